The van der Waals surface area contributed by atoms with Crippen LogP contribution >= 0.6 is 0 Å². The Bertz CT molecular complexity index is 656. The highest BCUT2D eigenvalue weighted by molar-refractivity contribution is 5.32. The van der Waals surface area contributed by atoms with E-state index in [4.69, 9.17) is 4.74 Å². The van der Waals surface area contributed by atoms with Crippen molar-refractivity contribution in [3.05, 3.63) is 58.6 Å². The van der Waals surface area contributed by atoms with Gasteiger partial charge in [0, 0.05) is 5.92 Å². The highest BCUT2D eigenvalue weighted by Gasteiger charge is 2.20. The smallest absolute Gasteiger partial charge is 0.125 e. The average Bonchev–Trinajstić information content (AvgIpc) is 2.61. The maximum Gasteiger partial charge on any atom is 0.125 e. The summed E-state index contributed by atoms with van der Waals surface area (Å²) >= 11 is 0. The van der Waals surface area contributed by atoms with Crippen LogP contribution in [-0.4, -0.2) is 0 Å². The molecule has 0 aromatic heterocycles. The van der Waals surface area contributed by atoms with Gasteiger partial charge in [0.05, 0.1) is 0 Å². The average molecular weight is 353 g/mol. The van der Waals surface area contributed by atoms with E-state index >= 15 is 0 Å². The molecule has 3 rings (SSSR count). The Morgan fingerprint density at radius 3 is 2.77 bits per heavy atom. The summed E-state index contributed by atoms with van der Waals surface area (Å²) in [5, 5.41) is 0. The number of ether oxygens (including phenoxy) is 1. The summed E-state index contributed by atoms with van der Waals surface area (Å²) in [7, 11) is 0. The molecule has 0 heterocycles. The molecule has 0 aromatic carbocycles. The van der Waals surface area contributed by atoms with Crippen molar-refractivity contribution in [3.63, 3.8) is 0 Å². The van der Waals surface area contributed by atoms with Crippen LogP contribution in [0.2, 0.25) is 0 Å². The summed E-state index contributed by atoms with van der Waals surface area (Å²) in [5.74, 6) is 4.28. The number of rotatable bonds is 6. The fourth-order valence-electron chi connectivity index (χ4n) is 4.56. The molecule has 0 bridgehead atoms. The fourth-order valence-corrected chi connectivity index (χ4v) is 4.56. The third kappa shape index (κ3) is 5.25. The van der Waals surface area contributed by atoms with Crippen LogP contribution in [0.25, 0.3) is 0 Å². The first kappa shape index (κ1) is 19.3. The second-order valence-electron chi connectivity index (χ2n) is 8.90. The van der Waals surface area contributed by atoms with E-state index in [9.17, 15) is 0 Å². The monoisotopic (exact) mass is 352 g/mol. The molecule has 1 heteroatoms. The minimum atomic E-state index is 0.482. The minimum Gasteiger partial charge on any atom is -0.462 e. The quantitative estimate of drug-likeness (QED) is 0.446. The van der Waals surface area contributed by atoms with Gasteiger partial charge >= 0.3 is 0 Å². The van der Waals surface area contributed by atoms with Crippen LogP contribution < -0.4 is 0 Å². The molecule has 0 aliphatic heterocycles. The summed E-state index contributed by atoms with van der Waals surface area (Å²) in [4.78, 5) is 0. The Morgan fingerprint density at radius 2 is 2.04 bits per heavy atom. The second-order valence-corrected chi connectivity index (χ2v) is 8.90. The number of allylic oxidation sites excluding steroid dienone is 9. The van der Waals surface area contributed by atoms with Crippen molar-refractivity contribution in [1.82, 2.24) is 0 Å². The summed E-state index contributed by atoms with van der Waals surface area (Å²) in [6, 6.07) is 0. The molecule has 0 spiro atoms. The first-order valence-electron chi connectivity index (χ1n) is 10.6. The summed E-state index contributed by atoms with van der Waals surface area (Å²) in [6.07, 6.45) is 21.6. The SMILES string of the molecule is CC1=CC=C(OC2=C(C)CCC(CC(C)CC3C=CCCC3)=C2)C(C)C1. The summed E-state index contributed by atoms with van der Waals surface area (Å²) in [6.45, 7) is 9.13. The van der Waals surface area contributed by atoms with Gasteiger partial charge in [-0.05, 0) is 94.8 Å². The van der Waals surface area contributed by atoms with Gasteiger partial charge in [-0.25, -0.2) is 0 Å². The van der Waals surface area contributed by atoms with Crippen LogP contribution in [0, 0.1) is 17.8 Å². The van der Waals surface area contributed by atoms with Gasteiger partial charge in [0.1, 0.15) is 11.5 Å². The van der Waals surface area contributed by atoms with Gasteiger partial charge in [0.15, 0.2) is 0 Å². The predicted molar refractivity (Wildman–Crippen MR) is 112 cm³/mol. The maximum atomic E-state index is 6.38. The van der Waals surface area contributed by atoms with Crippen molar-refractivity contribution in [2.24, 2.45) is 17.8 Å². The van der Waals surface area contributed by atoms with Crippen molar-refractivity contribution >= 4 is 0 Å². The molecular formula is C25H36O. The Morgan fingerprint density at radius 1 is 1.19 bits per heavy atom. The van der Waals surface area contributed by atoms with Gasteiger partial charge in [-0.1, -0.05) is 43.2 Å². The molecule has 0 amide bonds. The largest absolute Gasteiger partial charge is 0.462 e. The second kappa shape index (κ2) is 8.93. The van der Waals surface area contributed by atoms with Gasteiger partial charge in [-0.3, -0.25) is 0 Å². The zero-order valence-electron chi connectivity index (χ0n) is 17.2. The molecule has 3 aliphatic rings. The number of hydrogen-bond donors (Lipinski definition) is 0. The highest BCUT2D eigenvalue weighted by Crippen LogP contribution is 2.34. The molecule has 3 atom stereocenters. The third-order valence-corrected chi connectivity index (χ3v) is 6.12. The van der Waals surface area contributed by atoms with E-state index in [0.29, 0.717) is 5.92 Å². The summed E-state index contributed by atoms with van der Waals surface area (Å²) < 4.78 is 6.38. The molecule has 0 radical (unpaired) electrons. The molecule has 26 heavy (non-hydrogen) atoms. The Hall–Kier alpha value is -1.50. The zero-order valence-corrected chi connectivity index (χ0v) is 17.2. The maximum absolute atomic E-state index is 6.38. The third-order valence-electron chi connectivity index (χ3n) is 6.12. The van der Waals surface area contributed by atoms with Crippen molar-refractivity contribution in [1.29, 1.82) is 0 Å². The first-order valence-corrected chi connectivity index (χ1v) is 10.6. The van der Waals surface area contributed by atoms with Crippen LogP contribution in [0.5, 0.6) is 0 Å². The van der Waals surface area contributed by atoms with Crippen molar-refractivity contribution in [3.8, 4) is 0 Å². The van der Waals surface area contributed by atoms with E-state index in [1.165, 1.54) is 49.7 Å². The topological polar surface area (TPSA) is 9.23 Å². The molecule has 0 aromatic rings. The molecule has 0 fully saturated rings. The molecular weight excluding hydrogens is 316 g/mol. The van der Waals surface area contributed by atoms with Crippen molar-refractivity contribution in [2.45, 2.75) is 79.1 Å². The molecule has 3 aliphatic carbocycles. The lowest BCUT2D eigenvalue weighted by Gasteiger charge is -2.26. The van der Waals surface area contributed by atoms with Gasteiger partial charge in [-0.15, -0.1) is 0 Å². The zero-order chi connectivity index (χ0) is 18.5. The molecule has 0 N–H and O–H groups in total. The van der Waals surface area contributed by atoms with Crippen LogP contribution in [0.1, 0.15) is 79.1 Å². The van der Waals surface area contributed by atoms with Gasteiger partial charge in [0.25, 0.3) is 0 Å². The predicted octanol–water partition coefficient (Wildman–Crippen LogP) is 7.64. The Balaban J connectivity index is 1.61. The fraction of sp³-hybridized carbons (Fsp3) is 0.600. The van der Waals surface area contributed by atoms with E-state index in [1.54, 1.807) is 5.57 Å². The van der Waals surface area contributed by atoms with Crippen molar-refractivity contribution < 1.29 is 4.74 Å². The van der Waals surface area contributed by atoms with E-state index in [2.05, 4.69) is 58.1 Å². The minimum absolute atomic E-state index is 0.482. The molecule has 142 valence electrons. The summed E-state index contributed by atoms with van der Waals surface area (Å²) in [5.41, 5.74) is 4.42. The van der Waals surface area contributed by atoms with Crippen molar-refractivity contribution in [2.75, 3.05) is 0 Å². The van der Waals surface area contributed by atoms with Gasteiger partial charge in [-0.2, -0.15) is 0 Å². The Labute approximate surface area is 160 Å². The van der Waals surface area contributed by atoms with Crippen LogP contribution in [0.3, 0.4) is 0 Å². The molecule has 0 saturated carbocycles. The van der Waals surface area contributed by atoms with Crippen LogP contribution in [0.15, 0.2) is 58.6 Å². The van der Waals surface area contributed by atoms with E-state index in [0.717, 1.165) is 36.2 Å². The molecule has 3 unspecified atom stereocenters. The molecule has 0 saturated heterocycles. The Kier molecular flexibility index (Phi) is 6.62. The lowest BCUT2D eigenvalue weighted by Crippen LogP contribution is -2.11. The van der Waals surface area contributed by atoms with Gasteiger partial charge < -0.3 is 4.74 Å². The lowest BCUT2D eigenvalue weighted by molar-refractivity contribution is 0.262. The lowest BCUT2D eigenvalue weighted by atomic mass is 9.83. The van der Waals surface area contributed by atoms with E-state index < -0.39 is 0 Å². The number of hydrogen-bond acceptors (Lipinski definition) is 1. The van der Waals surface area contributed by atoms with Crippen LogP contribution in [0.4, 0.5) is 0 Å². The standard InChI is InChI=1S/C25H36O/c1-18-10-13-24(21(4)14-18)26-25-17-23(12-11-20(25)3)16-19(2)15-22-8-6-5-7-9-22/h6,8,10,13,17,19,21-22H,5,7,9,11-12,14-16H2,1-4H3. The van der Waals surface area contributed by atoms with Gasteiger partial charge in [0.2, 0.25) is 0 Å². The van der Waals surface area contributed by atoms with E-state index in [-0.39, 0.29) is 0 Å². The van der Waals surface area contributed by atoms with Crippen LogP contribution in [-0.2, 0) is 4.74 Å². The normalized spacial score (nSPS) is 27.6. The first-order chi connectivity index (χ1) is 12.5. The molecule has 1 nitrogen and oxygen atoms in total. The van der Waals surface area contributed by atoms with E-state index in [1.807, 2.05) is 0 Å². The highest BCUT2D eigenvalue weighted by atomic mass is 16.5.